The zero-order valence-corrected chi connectivity index (χ0v) is 18.2. The van der Waals surface area contributed by atoms with Crippen LogP contribution in [0.3, 0.4) is 0 Å². The van der Waals surface area contributed by atoms with Crippen molar-refractivity contribution in [1.29, 1.82) is 0 Å². The molecule has 2 aliphatic rings. The molecule has 2 amide bonds. The van der Waals surface area contributed by atoms with Gasteiger partial charge in [0, 0.05) is 11.3 Å². The predicted octanol–water partition coefficient (Wildman–Crippen LogP) is 3.35. The molecular weight excluding hydrogens is 424 g/mol. The smallest absolute Gasteiger partial charge is 0.327 e. The molecule has 2 aliphatic heterocycles. The van der Waals surface area contributed by atoms with E-state index >= 15 is 0 Å². The van der Waals surface area contributed by atoms with Crippen LogP contribution in [-0.2, 0) is 25.5 Å². The Labute approximate surface area is 189 Å². The Balaban J connectivity index is 1.66. The second kappa shape index (κ2) is 8.00. The number of nitrogens with zero attached hydrogens (tertiary/aromatic N) is 1. The quantitative estimate of drug-likeness (QED) is 0.481. The Bertz CT molecular complexity index is 1150. The number of anilines is 1. The standard InChI is InChI=1S/C25H22N2O4S/c1-31-24(30)25(15-16-9-4-2-5-10-16)20-19(21(26-25)18-13-8-14-32-18)22(28)27(23(20)29)17-11-6-3-7-12-17/h2-14,19-21,26H,15H2,1H3/t19-,20-,21+,25+/m0/s1. The second-order valence-corrected chi connectivity index (χ2v) is 9.09. The Morgan fingerprint density at radius 2 is 1.69 bits per heavy atom. The summed E-state index contributed by atoms with van der Waals surface area (Å²) >= 11 is 1.50. The Morgan fingerprint density at radius 1 is 1.00 bits per heavy atom. The monoisotopic (exact) mass is 446 g/mol. The second-order valence-electron chi connectivity index (χ2n) is 8.11. The number of amides is 2. The highest BCUT2D eigenvalue weighted by molar-refractivity contribution is 7.10. The van der Waals surface area contributed by atoms with Crippen LogP contribution < -0.4 is 10.2 Å². The summed E-state index contributed by atoms with van der Waals surface area (Å²) in [6.45, 7) is 0. The number of hydrogen-bond acceptors (Lipinski definition) is 6. The first-order valence-corrected chi connectivity index (χ1v) is 11.3. The lowest BCUT2D eigenvalue weighted by Gasteiger charge is -2.32. The fourth-order valence-corrected chi connectivity index (χ4v) is 5.89. The van der Waals surface area contributed by atoms with Crippen molar-refractivity contribution in [2.45, 2.75) is 18.0 Å². The van der Waals surface area contributed by atoms with Crippen LogP contribution in [0.25, 0.3) is 0 Å². The van der Waals surface area contributed by atoms with Crippen molar-refractivity contribution in [3.8, 4) is 0 Å². The molecule has 0 radical (unpaired) electrons. The first kappa shape index (κ1) is 20.6. The molecule has 0 bridgehead atoms. The van der Waals surface area contributed by atoms with Gasteiger partial charge in [-0.25, -0.2) is 4.90 Å². The van der Waals surface area contributed by atoms with Gasteiger partial charge in [-0.3, -0.25) is 19.7 Å². The molecule has 32 heavy (non-hydrogen) atoms. The van der Waals surface area contributed by atoms with Gasteiger partial charge in [0.15, 0.2) is 0 Å². The van der Waals surface area contributed by atoms with Crippen molar-refractivity contribution >= 4 is 34.8 Å². The number of fused-ring (bicyclic) bond motifs is 1. The molecule has 6 nitrogen and oxygen atoms in total. The normalized spacial score (nSPS) is 26.9. The molecule has 7 heteroatoms. The molecule has 1 aromatic heterocycles. The van der Waals surface area contributed by atoms with Crippen molar-refractivity contribution in [1.82, 2.24) is 5.32 Å². The molecule has 0 unspecified atom stereocenters. The Morgan fingerprint density at radius 3 is 2.31 bits per heavy atom. The maximum atomic E-state index is 13.8. The first-order valence-electron chi connectivity index (χ1n) is 10.4. The molecule has 2 fully saturated rings. The molecule has 2 aromatic carbocycles. The summed E-state index contributed by atoms with van der Waals surface area (Å²) in [4.78, 5) is 42.9. The van der Waals surface area contributed by atoms with Crippen molar-refractivity contribution in [3.63, 3.8) is 0 Å². The Kier molecular flexibility index (Phi) is 5.15. The van der Waals surface area contributed by atoms with E-state index in [4.69, 9.17) is 4.74 Å². The molecule has 3 aromatic rings. The number of hydrogen-bond donors (Lipinski definition) is 1. The number of rotatable bonds is 5. The summed E-state index contributed by atoms with van der Waals surface area (Å²) in [6, 6.07) is 21.8. The van der Waals surface area contributed by atoms with Crippen LogP contribution in [0.4, 0.5) is 5.69 Å². The number of para-hydroxylation sites is 1. The minimum absolute atomic E-state index is 0.241. The third kappa shape index (κ3) is 3.08. The topological polar surface area (TPSA) is 75.7 Å². The number of benzene rings is 2. The molecule has 5 rings (SSSR count). The van der Waals surface area contributed by atoms with Crippen molar-refractivity contribution in [3.05, 3.63) is 88.6 Å². The van der Waals surface area contributed by atoms with E-state index < -0.39 is 29.4 Å². The summed E-state index contributed by atoms with van der Waals surface area (Å²) in [6.07, 6.45) is 0.241. The molecule has 1 N–H and O–H groups in total. The highest BCUT2D eigenvalue weighted by Gasteiger charge is 2.69. The molecule has 2 saturated heterocycles. The van der Waals surface area contributed by atoms with Crippen molar-refractivity contribution < 1.29 is 19.1 Å². The lowest BCUT2D eigenvalue weighted by molar-refractivity contribution is -0.152. The van der Waals surface area contributed by atoms with Crippen LogP contribution in [0.15, 0.2) is 78.2 Å². The molecule has 0 saturated carbocycles. The molecule has 162 valence electrons. The van der Waals surface area contributed by atoms with E-state index in [1.807, 2.05) is 53.9 Å². The van der Waals surface area contributed by atoms with Crippen LogP contribution in [-0.4, -0.2) is 30.4 Å². The fourth-order valence-electron chi connectivity index (χ4n) is 5.07. The highest BCUT2D eigenvalue weighted by Crippen LogP contribution is 2.51. The lowest BCUT2D eigenvalue weighted by Crippen LogP contribution is -2.57. The number of carbonyl (C=O) groups excluding carboxylic acids is 3. The van der Waals surface area contributed by atoms with Gasteiger partial charge >= 0.3 is 5.97 Å². The largest absolute Gasteiger partial charge is 0.468 e. The molecule has 4 atom stereocenters. The number of ether oxygens (including phenoxy) is 1. The van der Waals surface area contributed by atoms with Crippen LogP contribution >= 0.6 is 11.3 Å². The third-order valence-electron chi connectivity index (χ3n) is 6.39. The van der Waals surface area contributed by atoms with Gasteiger partial charge in [-0.1, -0.05) is 54.6 Å². The van der Waals surface area contributed by atoms with E-state index in [1.54, 1.807) is 24.3 Å². The molecular formula is C25H22N2O4S. The minimum atomic E-state index is -1.36. The van der Waals surface area contributed by atoms with Crippen LogP contribution in [0.5, 0.6) is 0 Å². The summed E-state index contributed by atoms with van der Waals surface area (Å²) in [5.74, 6) is -2.79. The molecule has 0 aliphatic carbocycles. The summed E-state index contributed by atoms with van der Waals surface area (Å²) in [7, 11) is 1.32. The number of esters is 1. The highest BCUT2D eigenvalue weighted by atomic mass is 32.1. The number of carbonyl (C=O) groups is 3. The number of methoxy groups -OCH3 is 1. The minimum Gasteiger partial charge on any atom is -0.468 e. The van der Waals surface area contributed by atoms with E-state index in [0.717, 1.165) is 10.4 Å². The van der Waals surface area contributed by atoms with Gasteiger partial charge in [0.25, 0.3) is 0 Å². The number of thiophene rings is 1. The van der Waals surface area contributed by atoms with E-state index in [-0.39, 0.29) is 18.2 Å². The van der Waals surface area contributed by atoms with E-state index in [2.05, 4.69) is 5.32 Å². The first-order chi connectivity index (χ1) is 15.6. The van der Waals surface area contributed by atoms with Gasteiger partial charge in [0.05, 0.1) is 30.7 Å². The molecule has 3 heterocycles. The summed E-state index contributed by atoms with van der Waals surface area (Å²) < 4.78 is 5.23. The average Bonchev–Trinajstić information content (AvgIpc) is 3.52. The zero-order valence-electron chi connectivity index (χ0n) is 17.4. The lowest BCUT2D eigenvalue weighted by atomic mass is 9.76. The van der Waals surface area contributed by atoms with Gasteiger partial charge in [0.1, 0.15) is 5.54 Å². The maximum Gasteiger partial charge on any atom is 0.327 e. The van der Waals surface area contributed by atoms with Crippen LogP contribution in [0, 0.1) is 11.8 Å². The molecule has 0 spiro atoms. The van der Waals surface area contributed by atoms with E-state index in [9.17, 15) is 14.4 Å². The predicted molar refractivity (Wildman–Crippen MR) is 121 cm³/mol. The van der Waals surface area contributed by atoms with Gasteiger partial charge < -0.3 is 4.74 Å². The van der Waals surface area contributed by atoms with Gasteiger partial charge in [-0.05, 0) is 29.1 Å². The fraction of sp³-hybridized carbons (Fsp3) is 0.240. The number of nitrogens with one attached hydrogen (secondary N) is 1. The third-order valence-corrected chi connectivity index (χ3v) is 7.35. The maximum absolute atomic E-state index is 13.8. The van der Waals surface area contributed by atoms with Gasteiger partial charge in [-0.2, -0.15) is 0 Å². The van der Waals surface area contributed by atoms with Crippen LogP contribution in [0.1, 0.15) is 16.5 Å². The average molecular weight is 447 g/mol. The number of imide groups is 1. The Hall–Kier alpha value is -3.29. The SMILES string of the molecule is COC(=O)[C@]1(Cc2ccccc2)N[C@H](c2cccs2)[C@H]2C(=O)N(c3ccccc3)C(=O)[C@H]21. The van der Waals surface area contributed by atoms with Crippen LogP contribution in [0.2, 0.25) is 0 Å². The van der Waals surface area contributed by atoms with Gasteiger partial charge in [0.2, 0.25) is 11.8 Å². The summed E-state index contributed by atoms with van der Waals surface area (Å²) in [5, 5.41) is 5.34. The van der Waals surface area contributed by atoms with E-state index in [0.29, 0.717) is 5.69 Å². The van der Waals surface area contributed by atoms with E-state index in [1.165, 1.54) is 23.3 Å². The summed E-state index contributed by atoms with van der Waals surface area (Å²) in [5.41, 5.74) is 0.0424. The zero-order chi connectivity index (χ0) is 22.3. The van der Waals surface area contributed by atoms with Crippen molar-refractivity contribution in [2.24, 2.45) is 11.8 Å². The van der Waals surface area contributed by atoms with Crippen molar-refractivity contribution in [2.75, 3.05) is 12.0 Å². The van der Waals surface area contributed by atoms with Gasteiger partial charge in [-0.15, -0.1) is 11.3 Å².